The van der Waals surface area contributed by atoms with Gasteiger partial charge in [0.2, 0.25) is 0 Å². The minimum absolute atomic E-state index is 0.215. The number of aliphatic carboxylic acids is 1. The minimum Gasteiger partial charge on any atom is -0.478 e. The summed E-state index contributed by atoms with van der Waals surface area (Å²) in [6, 6.07) is 12.2. The zero-order chi connectivity index (χ0) is 15.4. The van der Waals surface area contributed by atoms with Gasteiger partial charge in [0.1, 0.15) is 5.75 Å². The van der Waals surface area contributed by atoms with E-state index in [1.54, 1.807) is 36.4 Å². The molecule has 2 rings (SSSR count). The molecule has 0 saturated carbocycles. The molecule has 0 aliphatic rings. The normalized spacial score (nSPS) is 12.0. The molecule has 0 bridgehead atoms. The number of ether oxygens (including phenoxy) is 1. The molecule has 5 heteroatoms. The summed E-state index contributed by atoms with van der Waals surface area (Å²) in [5.74, 6) is -0.694. The first-order chi connectivity index (χ1) is 9.99. The van der Waals surface area contributed by atoms with Gasteiger partial charge in [0.05, 0.1) is 5.02 Å². The van der Waals surface area contributed by atoms with Crippen LogP contribution in [0.1, 0.15) is 11.1 Å². The Bertz CT molecular complexity index is 656. The van der Waals surface area contributed by atoms with Crippen LogP contribution in [0.15, 0.2) is 42.5 Å². The molecule has 0 unspecified atom stereocenters. The molecule has 0 aliphatic heterocycles. The van der Waals surface area contributed by atoms with E-state index >= 15 is 0 Å². The summed E-state index contributed by atoms with van der Waals surface area (Å²) in [5, 5.41) is 10.3. The predicted octanol–water partition coefficient (Wildman–Crippen LogP) is 4.38. The number of para-hydroxylation sites is 1. The number of hydrogen-bond donors (Lipinski definition) is 1. The van der Waals surface area contributed by atoms with Gasteiger partial charge in [0, 0.05) is 11.4 Å². The zero-order valence-electron chi connectivity index (χ0n) is 11.3. The molecule has 0 aliphatic carbocycles. The van der Waals surface area contributed by atoms with E-state index in [-0.39, 0.29) is 6.42 Å². The van der Waals surface area contributed by atoms with E-state index in [1.807, 2.05) is 13.0 Å². The quantitative estimate of drug-likeness (QED) is 0.887. The summed E-state index contributed by atoms with van der Waals surface area (Å²) in [6.07, 6.45) is -0.811. The van der Waals surface area contributed by atoms with E-state index < -0.39 is 12.1 Å². The van der Waals surface area contributed by atoms with Gasteiger partial charge >= 0.3 is 5.97 Å². The van der Waals surface area contributed by atoms with Crippen LogP contribution in [0, 0.1) is 6.92 Å². The first-order valence-corrected chi connectivity index (χ1v) is 7.12. The molecule has 0 fully saturated rings. The van der Waals surface area contributed by atoms with Crippen LogP contribution < -0.4 is 4.74 Å². The van der Waals surface area contributed by atoms with Gasteiger partial charge in [-0.05, 0) is 36.2 Å². The van der Waals surface area contributed by atoms with Crippen LogP contribution in [0.25, 0.3) is 0 Å². The minimum atomic E-state index is -1.05. The second-order valence-electron chi connectivity index (χ2n) is 4.60. The van der Waals surface area contributed by atoms with Crippen molar-refractivity contribution < 1.29 is 14.6 Å². The lowest BCUT2D eigenvalue weighted by atomic mass is 10.0. The number of carboxylic acid groups (broad SMARTS) is 1. The smallest absolute Gasteiger partial charge is 0.345 e. The van der Waals surface area contributed by atoms with Crippen molar-refractivity contribution in [2.75, 3.05) is 0 Å². The lowest BCUT2D eigenvalue weighted by Gasteiger charge is -2.17. The Hall–Kier alpha value is -1.71. The lowest BCUT2D eigenvalue weighted by Crippen LogP contribution is -2.29. The molecule has 21 heavy (non-hydrogen) atoms. The molecule has 1 atom stereocenters. The van der Waals surface area contributed by atoms with Crippen molar-refractivity contribution in [3.63, 3.8) is 0 Å². The fourth-order valence-corrected chi connectivity index (χ4v) is 2.32. The number of hydrogen-bond acceptors (Lipinski definition) is 2. The third kappa shape index (κ3) is 3.90. The second kappa shape index (κ2) is 6.83. The Morgan fingerprint density at radius 2 is 1.81 bits per heavy atom. The van der Waals surface area contributed by atoms with E-state index in [9.17, 15) is 9.90 Å². The van der Waals surface area contributed by atoms with Gasteiger partial charge in [-0.1, -0.05) is 47.5 Å². The second-order valence-corrected chi connectivity index (χ2v) is 5.42. The fourth-order valence-electron chi connectivity index (χ4n) is 1.95. The van der Waals surface area contributed by atoms with Gasteiger partial charge in [-0.3, -0.25) is 0 Å². The number of carbonyl (C=O) groups is 1. The number of rotatable bonds is 5. The van der Waals surface area contributed by atoms with Gasteiger partial charge in [0.25, 0.3) is 0 Å². The molecule has 2 aromatic carbocycles. The predicted molar refractivity (Wildman–Crippen MR) is 83.4 cm³/mol. The third-order valence-electron chi connectivity index (χ3n) is 3.17. The van der Waals surface area contributed by atoms with Crippen LogP contribution in [0.4, 0.5) is 0 Å². The van der Waals surface area contributed by atoms with E-state index in [1.165, 1.54) is 0 Å². The van der Waals surface area contributed by atoms with Crippen LogP contribution in [0.5, 0.6) is 5.75 Å². The standard InChI is InChI=1S/C16H14Cl2O3/c1-10-11(5-4-7-12(10)17)9-15(16(19)20)21-14-8-3-2-6-13(14)18/h2-8,15H,9H2,1H3,(H,19,20)/t15-/m1/s1. The maximum atomic E-state index is 11.4. The van der Waals surface area contributed by atoms with Crippen molar-refractivity contribution in [2.24, 2.45) is 0 Å². The highest BCUT2D eigenvalue weighted by Gasteiger charge is 2.22. The summed E-state index contributed by atoms with van der Waals surface area (Å²) < 4.78 is 5.53. The highest BCUT2D eigenvalue weighted by molar-refractivity contribution is 6.32. The van der Waals surface area contributed by atoms with Crippen molar-refractivity contribution in [3.8, 4) is 5.75 Å². The van der Waals surface area contributed by atoms with E-state index in [0.29, 0.717) is 15.8 Å². The summed E-state index contributed by atoms with van der Waals surface area (Å²) in [7, 11) is 0. The SMILES string of the molecule is Cc1c(Cl)cccc1C[C@@H](Oc1ccccc1Cl)C(=O)O. The summed E-state index contributed by atoms with van der Waals surface area (Å²) >= 11 is 12.0. The van der Waals surface area contributed by atoms with Gasteiger partial charge in [-0.25, -0.2) is 4.79 Å². The summed E-state index contributed by atoms with van der Waals surface area (Å²) in [5.41, 5.74) is 1.69. The van der Waals surface area contributed by atoms with E-state index in [2.05, 4.69) is 0 Å². The Kier molecular flexibility index (Phi) is 5.10. The monoisotopic (exact) mass is 324 g/mol. The molecule has 0 amide bonds. The molecule has 1 N–H and O–H groups in total. The molecule has 110 valence electrons. The Morgan fingerprint density at radius 3 is 2.48 bits per heavy atom. The van der Waals surface area contributed by atoms with Crippen LogP contribution in [-0.4, -0.2) is 17.2 Å². The van der Waals surface area contributed by atoms with Crippen LogP contribution in [0.3, 0.4) is 0 Å². The molecular weight excluding hydrogens is 311 g/mol. The Morgan fingerprint density at radius 1 is 1.14 bits per heavy atom. The molecule has 2 aromatic rings. The first kappa shape index (κ1) is 15.7. The highest BCUT2D eigenvalue weighted by Crippen LogP contribution is 2.26. The van der Waals surface area contributed by atoms with Crippen molar-refractivity contribution in [1.82, 2.24) is 0 Å². The molecular formula is C16H14Cl2O3. The van der Waals surface area contributed by atoms with Gasteiger partial charge in [-0.15, -0.1) is 0 Å². The molecule has 0 spiro atoms. The zero-order valence-corrected chi connectivity index (χ0v) is 12.9. The summed E-state index contributed by atoms with van der Waals surface area (Å²) in [4.78, 5) is 11.4. The molecule has 3 nitrogen and oxygen atoms in total. The van der Waals surface area contributed by atoms with E-state index in [4.69, 9.17) is 27.9 Å². The van der Waals surface area contributed by atoms with Crippen molar-refractivity contribution in [3.05, 3.63) is 63.6 Å². The van der Waals surface area contributed by atoms with Crippen LogP contribution >= 0.6 is 23.2 Å². The van der Waals surface area contributed by atoms with Gasteiger partial charge < -0.3 is 9.84 Å². The fraction of sp³-hybridized carbons (Fsp3) is 0.188. The molecule has 0 saturated heterocycles. The van der Waals surface area contributed by atoms with Crippen LogP contribution in [0.2, 0.25) is 10.0 Å². The van der Waals surface area contributed by atoms with Gasteiger partial charge in [0.15, 0.2) is 6.10 Å². The summed E-state index contributed by atoms with van der Waals surface area (Å²) in [6.45, 7) is 1.85. The largest absolute Gasteiger partial charge is 0.478 e. The van der Waals surface area contributed by atoms with Crippen LogP contribution in [-0.2, 0) is 11.2 Å². The van der Waals surface area contributed by atoms with E-state index in [0.717, 1.165) is 11.1 Å². The highest BCUT2D eigenvalue weighted by atomic mass is 35.5. The van der Waals surface area contributed by atoms with Crippen molar-refractivity contribution >= 4 is 29.2 Å². The van der Waals surface area contributed by atoms with Gasteiger partial charge in [-0.2, -0.15) is 0 Å². The Balaban J connectivity index is 2.22. The lowest BCUT2D eigenvalue weighted by molar-refractivity contribution is -0.145. The Labute approximate surface area is 133 Å². The average molecular weight is 325 g/mol. The number of benzene rings is 2. The number of carboxylic acids is 1. The van der Waals surface area contributed by atoms with Crippen molar-refractivity contribution in [2.45, 2.75) is 19.4 Å². The third-order valence-corrected chi connectivity index (χ3v) is 3.89. The maximum Gasteiger partial charge on any atom is 0.345 e. The van der Waals surface area contributed by atoms with Crippen molar-refractivity contribution in [1.29, 1.82) is 0 Å². The topological polar surface area (TPSA) is 46.5 Å². The molecule has 0 radical (unpaired) electrons. The first-order valence-electron chi connectivity index (χ1n) is 6.37. The molecule has 0 aromatic heterocycles. The maximum absolute atomic E-state index is 11.4. The molecule has 0 heterocycles. The number of halogens is 2. The average Bonchev–Trinajstić information content (AvgIpc) is 2.45.